The lowest BCUT2D eigenvalue weighted by Gasteiger charge is -2.20. The van der Waals surface area contributed by atoms with Gasteiger partial charge in [0.15, 0.2) is 34.9 Å². The molecule has 386 valence electrons. The normalized spacial score (nSPS) is 11.6. The van der Waals surface area contributed by atoms with E-state index in [1.165, 1.54) is 12.1 Å². The zero-order valence-electron chi connectivity index (χ0n) is 43.1. The zero-order chi connectivity index (χ0) is 55.5. The van der Waals surface area contributed by atoms with Gasteiger partial charge in [0.05, 0.1) is 50.6 Å². The Morgan fingerprint density at radius 3 is 1.04 bits per heavy atom. The van der Waals surface area contributed by atoms with E-state index in [0.29, 0.717) is 79.5 Å². The van der Waals surface area contributed by atoms with Crippen molar-refractivity contribution < 1.29 is 13.2 Å². The molecule has 4 aromatic heterocycles. The second-order valence-electron chi connectivity index (χ2n) is 19.6. The summed E-state index contributed by atoms with van der Waals surface area (Å²) in [7, 11) is 0. The molecule has 0 aliphatic carbocycles. The minimum Gasteiger partial charge on any atom is -0.308 e. The van der Waals surface area contributed by atoms with E-state index in [2.05, 4.69) is 6.07 Å². The molecule has 0 bridgehead atoms. The minimum absolute atomic E-state index is 0.142. The van der Waals surface area contributed by atoms with Crippen molar-refractivity contribution in [1.29, 1.82) is 10.5 Å². The van der Waals surface area contributed by atoms with Gasteiger partial charge in [0.2, 0.25) is 0 Å². The first-order valence-corrected chi connectivity index (χ1v) is 26.2. The Bertz CT molecular complexity index is 4550. The second-order valence-corrected chi connectivity index (χ2v) is 19.6. The van der Waals surface area contributed by atoms with Crippen LogP contribution >= 0.6 is 0 Å². The Morgan fingerprint density at radius 1 is 0.317 bits per heavy atom. The largest absolute Gasteiger partial charge is 0.417 e. The van der Waals surface area contributed by atoms with Crippen LogP contribution in [0.2, 0.25) is 0 Å². The van der Waals surface area contributed by atoms with Crippen LogP contribution in [-0.4, -0.2) is 39.0 Å². The van der Waals surface area contributed by atoms with E-state index < -0.39 is 11.7 Å². The Hall–Kier alpha value is -11.4. The molecule has 14 aromatic rings. The maximum atomic E-state index is 15.4. The van der Waals surface area contributed by atoms with Gasteiger partial charge in [-0.05, 0) is 83.9 Å². The van der Waals surface area contributed by atoms with Gasteiger partial charge in [-0.1, -0.05) is 164 Å². The highest BCUT2D eigenvalue weighted by molar-refractivity contribution is 6.12. The van der Waals surface area contributed by atoms with Crippen molar-refractivity contribution in [1.82, 2.24) is 39.0 Å². The molecule has 0 saturated heterocycles. The number of aromatic nitrogens is 8. The molecule has 82 heavy (non-hydrogen) atoms. The van der Waals surface area contributed by atoms with E-state index in [-0.39, 0.29) is 22.3 Å². The average Bonchev–Trinajstić information content (AvgIpc) is 2.60. The van der Waals surface area contributed by atoms with Crippen molar-refractivity contribution in [3.05, 3.63) is 253 Å². The summed E-state index contributed by atoms with van der Waals surface area (Å²) in [6.45, 7) is 0. The summed E-state index contributed by atoms with van der Waals surface area (Å²) in [5.41, 5.74) is 7.15. The van der Waals surface area contributed by atoms with Gasteiger partial charge in [0.1, 0.15) is 11.6 Å². The lowest BCUT2D eigenvalue weighted by Crippen LogP contribution is -2.09. The fourth-order valence-electron chi connectivity index (χ4n) is 11.0. The Labute approximate surface area is 466 Å². The number of fused-ring (bicyclic) bond motifs is 6. The lowest BCUT2D eigenvalue weighted by atomic mass is 9.94. The number of hydrogen-bond donors (Lipinski definition) is 0. The van der Waals surface area contributed by atoms with Crippen molar-refractivity contribution in [2.45, 2.75) is 6.18 Å². The molecule has 0 saturated carbocycles. The number of rotatable bonds is 9. The summed E-state index contributed by atoms with van der Waals surface area (Å²) in [4.78, 5) is 29.8. The Kier molecular flexibility index (Phi) is 11.8. The highest BCUT2D eigenvalue weighted by atomic mass is 19.4. The maximum Gasteiger partial charge on any atom is 0.417 e. The van der Waals surface area contributed by atoms with Gasteiger partial charge >= 0.3 is 6.18 Å². The van der Waals surface area contributed by atoms with Gasteiger partial charge < -0.3 is 9.13 Å². The first-order chi connectivity index (χ1) is 40.2. The van der Waals surface area contributed by atoms with Gasteiger partial charge in [0, 0.05) is 54.9 Å². The second kappa shape index (κ2) is 19.8. The first kappa shape index (κ1) is 48.9. The highest BCUT2D eigenvalue weighted by Gasteiger charge is 2.35. The van der Waals surface area contributed by atoms with Crippen molar-refractivity contribution in [3.63, 3.8) is 0 Å². The minimum atomic E-state index is -4.85. The quantitative estimate of drug-likeness (QED) is 0.139. The molecular weight excluding hydrogens is 1030 g/mol. The molecule has 10 aromatic carbocycles. The summed E-state index contributed by atoms with van der Waals surface area (Å²) in [6, 6.07) is 77.3. The number of hydrogen-bond acceptors (Lipinski definition) is 8. The van der Waals surface area contributed by atoms with Crippen LogP contribution in [0.25, 0.3) is 134 Å². The van der Waals surface area contributed by atoms with Crippen LogP contribution in [0.4, 0.5) is 13.2 Å². The summed E-state index contributed by atoms with van der Waals surface area (Å²) >= 11 is 0. The fourth-order valence-corrected chi connectivity index (χ4v) is 11.0. The van der Waals surface area contributed by atoms with E-state index in [4.69, 9.17) is 29.9 Å². The molecule has 13 heteroatoms. The molecule has 0 N–H and O–H groups in total. The highest BCUT2D eigenvalue weighted by Crippen LogP contribution is 2.44. The average molecular weight is 1070 g/mol. The SMILES string of the molecule is N#Cc1ccc(-c2cc(-n3c4ccccc4c4cc(-c5nc(-c6ccccc6)nc(-c6ccccc6)n5)ccc43)c(C#N)c(-n3c4ccccc4c4cc(-c5nc(-c6ccccc6)nc(-c6ccccc6)n5)ccc43)c2)c(C(F)(F)F)c1. The van der Waals surface area contributed by atoms with E-state index in [1.54, 1.807) is 12.1 Å². The first-order valence-electron chi connectivity index (χ1n) is 26.2. The lowest BCUT2D eigenvalue weighted by molar-refractivity contribution is -0.137. The molecule has 14 rings (SSSR count). The smallest absolute Gasteiger partial charge is 0.308 e. The molecule has 0 unspecified atom stereocenters. The third-order valence-electron chi connectivity index (χ3n) is 14.7. The van der Waals surface area contributed by atoms with Crippen molar-refractivity contribution in [3.8, 4) is 103 Å². The van der Waals surface area contributed by atoms with E-state index in [1.807, 2.05) is 221 Å². The van der Waals surface area contributed by atoms with Crippen molar-refractivity contribution in [2.75, 3.05) is 0 Å². The molecule has 0 aliphatic rings. The number of benzene rings is 10. The number of halogens is 3. The summed E-state index contributed by atoms with van der Waals surface area (Å²) in [6.07, 6.45) is -4.85. The van der Waals surface area contributed by atoms with Gasteiger partial charge in [-0.25, -0.2) is 29.9 Å². The van der Waals surface area contributed by atoms with E-state index >= 15 is 13.2 Å². The molecular formula is C69H39F3N10. The van der Waals surface area contributed by atoms with E-state index in [0.717, 1.165) is 49.9 Å². The molecule has 0 radical (unpaired) electrons. The standard InChI is InChI=1S/C69H39F3N10/c70-69(71,72)56-35-42(40-73)29-32-50(56)49-38-61(81-57-27-15-13-25-51(57)53-36-47(30-33-59(53)81)67-77-63(43-17-5-1-6-18-43)75-64(78-67)44-19-7-2-8-20-44)55(41-74)62(39-49)82-58-28-16-14-26-52(58)54-37-48(31-34-60(54)82)68-79-65(45-21-9-3-10-22-45)76-66(80-68)46-23-11-4-12-24-46/h1-39H. The van der Waals surface area contributed by atoms with Crippen LogP contribution in [0, 0.1) is 22.7 Å². The fraction of sp³-hybridized carbons (Fsp3) is 0.0145. The van der Waals surface area contributed by atoms with Gasteiger partial charge in [-0.3, -0.25) is 0 Å². The topological polar surface area (TPSA) is 135 Å². The van der Waals surface area contributed by atoms with Gasteiger partial charge in [-0.2, -0.15) is 23.7 Å². The molecule has 0 fully saturated rings. The monoisotopic (exact) mass is 1060 g/mol. The molecule has 10 nitrogen and oxygen atoms in total. The van der Waals surface area contributed by atoms with Crippen LogP contribution < -0.4 is 0 Å². The predicted octanol–water partition coefficient (Wildman–Crippen LogP) is 16.7. The molecule has 0 aliphatic heterocycles. The zero-order valence-corrected chi connectivity index (χ0v) is 43.1. The van der Waals surface area contributed by atoms with Crippen molar-refractivity contribution in [2.24, 2.45) is 0 Å². The van der Waals surface area contributed by atoms with Crippen LogP contribution in [0.3, 0.4) is 0 Å². The third kappa shape index (κ3) is 8.54. The number of alkyl halides is 3. The van der Waals surface area contributed by atoms with Crippen LogP contribution in [-0.2, 0) is 6.18 Å². The van der Waals surface area contributed by atoms with E-state index in [9.17, 15) is 10.5 Å². The van der Waals surface area contributed by atoms with Crippen LogP contribution in [0.15, 0.2) is 237 Å². The van der Waals surface area contributed by atoms with Gasteiger partial charge in [0.25, 0.3) is 0 Å². The maximum absolute atomic E-state index is 15.4. The summed E-state index contributed by atoms with van der Waals surface area (Å²) in [5.74, 6) is 2.86. The predicted molar refractivity (Wildman–Crippen MR) is 314 cm³/mol. The molecule has 0 atom stereocenters. The molecule has 4 heterocycles. The Balaban J connectivity index is 1.01. The number of nitriles is 2. The summed E-state index contributed by atoms with van der Waals surface area (Å²) < 4.78 is 50.1. The summed E-state index contributed by atoms with van der Waals surface area (Å²) in [5, 5.41) is 24.8. The molecule has 0 amide bonds. The number of para-hydroxylation sites is 2. The Morgan fingerprint density at radius 2 is 0.671 bits per heavy atom. The van der Waals surface area contributed by atoms with Crippen LogP contribution in [0.5, 0.6) is 0 Å². The third-order valence-corrected chi connectivity index (χ3v) is 14.7. The van der Waals surface area contributed by atoms with Gasteiger partial charge in [-0.15, -0.1) is 0 Å². The molecule has 0 spiro atoms. The van der Waals surface area contributed by atoms with Crippen LogP contribution in [0.1, 0.15) is 16.7 Å². The van der Waals surface area contributed by atoms with Crippen molar-refractivity contribution >= 4 is 43.6 Å². The number of nitrogens with zero attached hydrogens (tertiary/aromatic N) is 10.